The number of nitrogens with one attached hydrogen (secondary N) is 1. The maximum atomic E-state index is 11.9. The summed E-state index contributed by atoms with van der Waals surface area (Å²) in [6.07, 6.45) is 6.91. The molecule has 118 valence electrons. The van der Waals surface area contributed by atoms with Crippen molar-refractivity contribution in [2.45, 2.75) is 32.1 Å². The van der Waals surface area contributed by atoms with Crippen molar-refractivity contribution >= 4 is 29.2 Å². The number of hydrogen-bond acceptors (Lipinski definition) is 4. The van der Waals surface area contributed by atoms with E-state index in [-0.39, 0.29) is 17.7 Å². The van der Waals surface area contributed by atoms with Gasteiger partial charge in [0, 0.05) is 12.6 Å². The Kier molecular flexibility index (Phi) is 4.62. The summed E-state index contributed by atoms with van der Waals surface area (Å²) in [6.45, 7) is -0.287. The molecule has 0 aliphatic heterocycles. The van der Waals surface area contributed by atoms with Gasteiger partial charge in [-0.3, -0.25) is 9.59 Å². The molecule has 5 nitrogen and oxygen atoms in total. The quantitative estimate of drug-likeness (QED) is 0.668. The number of halogens is 1. The van der Waals surface area contributed by atoms with Crippen LogP contribution in [0.1, 0.15) is 32.1 Å². The molecule has 2 bridgehead atoms. The molecule has 1 aromatic heterocycles. The highest BCUT2D eigenvalue weighted by Crippen LogP contribution is 2.49. The molecule has 2 saturated carbocycles. The number of hydrogen-bond donors (Lipinski definition) is 1. The van der Waals surface area contributed by atoms with Crippen LogP contribution in [0.3, 0.4) is 0 Å². The van der Waals surface area contributed by atoms with Crippen LogP contribution in [0.2, 0.25) is 5.15 Å². The number of anilines is 1. The molecular weight excluding hydrogens is 304 g/mol. The average Bonchev–Trinajstić information content (AvgIpc) is 3.10. The SMILES string of the molecule is O=C(COC(=O)CC1CC2CCC1C2)Nc1cccnc1Cl. The van der Waals surface area contributed by atoms with Crippen LogP contribution in [0.5, 0.6) is 0 Å². The predicted molar refractivity (Wildman–Crippen MR) is 82.4 cm³/mol. The van der Waals surface area contributed by atoms with E-state index in [1.54, 1.807) is 12.1 Å². The van der Waals surface area contributed by atoms with E-state index in [9.17, 15) is 9.59 Å². The predicted octanol–water partition coefficient (Wildman–Crippen LogP) is 3.04. The van der Waals surface area contributed by atoms with Crippen molar-refractivity contribution in [1.29, 1.82) is 0 Å². The summed E-state index contributed by atoms with van der Waals surface area (Å²) in [5.74, 6) is 1.24. The van der Waals surface area contributed by atoms with Crippen LogP contribution >= 0.6 is 11.6 Å². The standard InChI is InChI=1S/C16H19ClN2O3/c17-16-13(2-1-5-18-16)19-14(20)9-22-15(21)8-12-7-10-3-4-11(12)6-10/h1-2,5,10-12H,3-4,6-9H2,(H,19,20). The van der Waals surface area contributed by atoms with Crippen LogP contribution in [0.4, 0.5) is 5.69 Å². The summed E-state index contributed by atoms with van der Waals surface area (Å²) in [4.78, 5) is 27.5. The Labute approximate surface area is 134 Å². The monoisotopic (exact) mass is 322 g/mol. The second kappa shape index (κ2) is 6.65. The topological polar surface area (TPSA) is 68.3 Å². The number of rotatable bonds is 5. The van der Waals surface area contributed by atoms with E-state index in [2.05, 4.69) is 10.3 Å². The van der Waals surface area contributed by atoms with Crippen LogP contribution in [0.15, 0.2) is 18.3 Å². The molecule has 2 aliphatic rings. The molecular formula is C16H19ClN2O3. The van der Waals surface area contributed by atoms with Gasteiger partial charge in [0.25, 0.3) is 5.91 Å². The summed E-state index contributed by atoms with van der Waals surface area (Å²) in [5, 5.41) is 2.79. The van der Waals surface area contributed by atoms with Gasteiger partial charge in [-0.2, -0.15) is 0 Å². The van der Waals surface area contributed by atoms with Crippen molar-refractivity contribution in [3.63, 3.8) is 0 Å². The van der Waals surface area contributed by atoms with Gasteiger partial charge < -0.3 is 10.1 Å². The number of carbonyl (C=O) groups excluding carboxylic acids is 2. The van der Waals surface area contributed by atoms with E-state index in [1.807, 2.05) is 0 Å². The molecule has 0 radical (unpaired) electrons. The van der Waals surface area contributed by atoms with Gasteiger partial charge in [0.15, 0.2) is 11.8 Å². The van der Waals surface area contributed by atoms with Gasteiger partial charge in [-0.25, -0.2) is 4.98 Å². The molecule has 2 aliphatic carbocycles. The van der Waals surface area contributed by atoms with E-state index in [4.69, 9.17) is 16.3 Å². The summed E-state index contributed by atoms with van der Waals surface area (Å²) in [6, 6.07) is 3.31. The first-order valence-corrected chi connectivity index (χ1v) is 8.05. The van der Waals surface area contributed by atoms with Gasteiger partial charge in [-0.05, 0) is 49.1 Å². The highest BCUT2D eigenvalue weighted by Gasteiger charge is 2.40. The zero-order chi connectivity index (χ0) is 15.5. The summed E-state index contributed by atoms with van der Waals surface area (Å²) in [7, 11) is 0. The van der Waals surface area contributed by atoms with Crippen molar-refractivity contribution in [1.82, 2.24) is 4.98 Å². The van der Waals surface area contributed by atoms with Crippen LogP contribution in [0.25, 0.3) is 0 Å². The number of fused-ring (bicyclic) bond motifs is 2. The third-order valence-corrected chi connectivity index (χ3v) is 5.01. The lowest BCUT2D eigenvalue weighted by atomic mass is 9.86. The second-order valence-corrected chi connectivity index (χ2v) is 6.55. The van der Waals surface area contributed by atoms with E-state index in [0.717, 1.165) is 12.3 Å². The van der Waals surface area contributed by atoms with E-state index < -0.39 is 5.91 Å². The van der Waals surface area contributed by atoms with Gasteiger partial charge in [0.1, 0.15) is 0 Å². The first kappa shape index (κ1) is 15.3. The van der Waals surface area contributed by atoms with Crippen LogP contribution in [0, 0.1) is 17.8 Å². The third-order valence-electron chi connectivity index (χ3n) is 4.71. The van der Waals surface area contributed by atoms with E-state index >= 15 is 0 Å². The molecule has 22 heavy (non-hydrogen) atoms. The molecule has 3 atom stereocenters. The van der Waals surface area contributed by atoms with E-state index in [0.29, 0.717) is 23.9 Å². The van der Waals surface area contributed by atoms with Crippen molar-refractivity contribution in [2.24, 2.45) is 17.8 Å². The maximum Gasteiger partial charge on any atom is 0.306 e. The molecule has 1 aromatic rings. The average molecular weight is 323 g/mol. The molecule has 0 aromatic carbocycles. The summed E-state index contributed by atoms with van der Waals surface area (Å²) in [5.41, 5.74) is 0.415. The van der Waals surface area contributed by atoms with Crippen LogP contribution < -0.4 is 5.32 Å². The molecule has 6 heteroatoms. The normalized spacial score (nSPS) is 26.0. The minimum absolute atomic E-state index is 0.212. The Hall–Kier alpha value is -1.62. The summed E-state index contributed by atoms with van der Waals surface area (Å²) < 4.78 is 5.07. The zero-order valence-corrected chi connectivity index (χ0v) is 13.0. The van der Waals surface area contributed by atoms with Gasteiger partial charge in [-0.1, -0.05) is 18.0 Å². The fourth-order valence-electron chi connectivity index (χ4n) is 3.71. The van der Waals surface area contributed by atoms with Crippen molar-refractivity contribution < 1.29 is 14.3 Å². The summed E-state index contributed by atoms with van der Waals surface area (Å²) >= 11 is 5.85. The number of esters is 1. The van der Waals surface area contributed by atoms with Gasteiger partial charge in [0.05, 0.1) is 5.69 Å². The Morgan fingerprint density at radius 1 is 1.36 bits per heavy atom. The zero-order valence-electron chi connectivity index (χ0n) is 12.3. The highest BCUT2D eigenvalue weighted by molar-refractivity contribution is 6.32. The van der Waals surface area contributed by atoms with Crippen LogP contribution in [-0.4, -0.2) is 23.5 Å². The molecule has 3 rings (SSSR count). The number of ether oxygens (including phenoxy) is 1. The Morgan fingerprint density at radius 3 is 2.91 bits per heavy atom. The molecule has 3 unspecified atom stereocenters. The Morgan fingerprint density at radius 2 is 2.23 bits per heavy atom. The lowest BCUT2D eigenvalue weighted by Gasteiger charge is -2.20. The lowest BCUT2D eigenvalue weighted by Crippen LogP contribution is -2.23. The smallest absolute Gasteiger partial charge is 0.306 e. The van der Waals surface area contributed by atoms with Gasteiger partial charge in [-0.15, -0.1) is 0 Å². The molecule has 1 heterocycles. The fourth-order valence-corrected chi connectivity index (χ4v) is 3.88. The molecule has 1 N–H and O–H groups in total. The minimum atomic E-state index is -0.406. The fraction of sp³-hybridized carbons (Fsp3) is 0.562. The number of amides is 1. The molecule has 1 amide bonds. The maximum absolute atomic E-state index is 11.9. The molecule has 0 saturated heterocycles. The van der Waals surface area contributed by atoms with Gasteiger partial charge in [0.2, 0.25) is 0 Å². The number of nitrogens with zero attached hydrogens (tertiary/aromatic N) is 1. The van der Waals surface area contributed by atoms with Crippen molar-refractivity contribution in [2.75, 3.05) is 11.9 Å². The number of carbonyl (C=O) groups is 2. The van der Waals surface area contributed by atoms with Crippen molar-refractivity contribution in [3.05, 3.63) is 23.5 Å². The first-order valence-electron chi connectivity index (χ1n) is 7.68. The van der Waals surface area contributed by atoms with Crippen molar-refractivity contribution in [3.8, 4) is 0 Å². The lowest BCUT2D eigenvalue weighted by molar-refractivity contribution is -0.148. The second-order valence-electron chi connectivity index (χ2n) is 6.19. The number of pyridine rings is 1. The Balaban J connectivity index is 1.41. The highest BCUT2D eigenvalue weighted by atomic mass is 35.5. The largest absolute Gasteiger partial charge is 0.456 e. The van der Waals surface area contributed by atoms with Crippen LogP contribution in [-0.2, 0) is 14.3 Å². The third kappa shape index (κ3) is 3.58. The minimum Gasteiger partial charge on any atom is -0.456 e. The Bertz CT molecular complexity index is 578. The van der Waals surface area contributed by atoms with Gasteiger partial charge >= 0.3 is 5.97 Å². The first-order chi connectivity index (χ1) is 10.6. The molecule has 0 spiro atoms. The van der Waals surface area contributed by atoms with E-state index in [1.165, 1.54) is 25.5 Å². The molecule has 2 fully saturated rings. The number of aromatic nitrogens is 1.